The summed E-state index contributed by atoms with van der Waals surface area (Å²) in [5.41, 5.74) is 4.67. The summed E-state index contributed by atoms with van der Waals surface area (Å²) in [6.07, 6.45) is 0. The van der Waals surface area contributed by atoms with E-state index in [1.54, 1.807) is 0 Å². The van der Waals surface area contributed by atoms with Crippen molar-refractivity contribution in [3.05, 3.63) is 87.4 Å². The molecule has 1 aromatic heterocycles. The molecule has 162 valence electrons. The van der Waals surface area contributed by atoms with Crippen LogP contribution in [0.15, 0.2) is 76.4 Å². The molecule has 0 bridgehead atoms. The summed E-state index contributed by atoms with van der Waals surface area (Å²) < 4.78 is 2.95. The molecule has 0 radical (unpaired) electrons. The fraction of sp³-hybridized carbons (Fsp3) is 0.125. The lowest BCUT2D eigenvalue weighted by Gasteiger charge is -2.13. The molecule has 5 nitrogen and oxygen atoms in total. The number of carbonyl (C=O) groups is 1. The molecule has 1 N–H and O–H groups in total. The van der Waals surface area contributed by atoms with Gasteiger partial charge in [-0.15, -0.1) is 10.2 Å². The minimum absolute atomic E-state index is 0.0980. The maximum Gasteiger partial charge on any atom is 0.234 e. The second kappa shape index (κ2) is 9.90. The Morgan fingerprint density at radius 2 is 1.69 bits per heavy atom. The number of hydrogen-bond donors (Lipinski definition) is 1. The number of nitrogens with one attached hydrogen (secondary N) is 1. The topological polar surface area (TPSA) is 59.8 Å². The summed E-state index contributed by atoms with van der Waals surface area (Å²) in [6.45, 7) is 3.95. The molecule has 8 heteroatoms. The second-order valence-corrected chi connectivity index (χ2v) is 9.53. The summed E-state index contributed by atoms with van der Waals surface area (Å²) >= 11 is 10.9. The van der Waals surface area contributed by atoms with E-state index in [2.05, 4.69) is 31.4 Å². The summed E-state index contributed by atoms with van der Waals surface area (Å²) in [6, 6.07) is 21.3. The molecule has 0 aliphatic rings. The third-order valence-electron chi connectivity index (χ3n) is 4.84. The summed E-state index contributed by atoms with van der Waals surface area (Å²) in [5, 5.41) is 13.1. The first-order valence-electron chi connectivity index (χ1n) is 9.88. The molecule has 0 spiro atoms. The number of halogens is 2. The third kappa shape index (κ3) is 5.06. The maximum absolute atomic E-state index is 12.7. The number of anilines is 1. The number of aromatic nitrogens is 3. The fourth-order valence-electron chi connectivity index (χ4n) is 3.37. The van der Waals surface area contributed by atoms with Crippen LogP contribution in [0.5, 0.6) is 0 Å². The number of hydrogen-bond acceptors (Lipinski definition) is 4. The maximum atomic E-state index is 12.7. The van der Waals surface area contributed by atoms with Gasteiger partial charge in [-0.25, -0.2) is 0 Å². The zero-order valence-electron chi connectivity index (χ0n) is 17.5. The van der Waals surface area contributed by atoms with Crippen molar-refractivity contribution >= 4 is 50.9 Å². The number of benzene rings is 3. The van der Waals surface area contributed by atoms with Gasteiger partial charge >= 0.3 is 0 Å². The SMILES string of the molecule is Cc1cc(Br)cc(C)c1NC(=O)CSc1nnc(-c2ccc(Cl)cc2)n1-c1ccccc1. The highest BCUT2D eigenvalue weighted by atomic mass is 79.9. The van der Waals surface area contributed by atoms with Crippen molar-refractivity contribution in [3.63, 3.8) is 0 Å². The number of carbonyl (C=O) groups excluding carboxylic acids is 1. The molecule has 4 aromatic rings. The van der Waals surface area contributed by atoms with E-state index in [-0.39, 0.29) is 11.7 Å². The van der Waals surface area contributed by atoms with Crippen molar-refractivity contribution in [2.24, 2.45) is 0 Å². The smallest absolute Gasteiger partial charge is 0.234 e. The molecule has 3 aromatic carbocycles. The van der Waals surface area contributed by atoms with Crippen molar-refractivity contribution < 1.29 is 4.79 Å². The van der Waals surface area contributed by atoms with E-state index in [0.717, 1.165) is 32.5 Å². The van der Waals surface area contributed by atoms with Crippen LogP contribution in [0.2, 0.25) is 5.02 Å². The highest BCUT2D eigenvalue weighted by Gasteiger charge is 2.18. The number of thioether (sulfide) groups is 1. The number of amides is 1. The number of rotatable bonds is 6. The van der Waals surface area contributed by atoms with Gasteiger partial charge in [0, 0.05) is 26.4 Å². The molecule has 0 unspecified atom stereocenters. The van der Waals surface area contributed by atoms with Crippen molar-refractivity contribution in [1.29, 1.82) is 0 Å². The van der Waals surface area contributed by atoms with Crippen molar-refractivity contribution in [2.45, 2.75) is 19.0 Å². The van der Waals surface area contributed by atoms with Gasteiger partial charge in [-0.05, 0) is 73.5 Å². The third-order valence-corrected chi connectivity index (χ3v) is 6.48. The van der Waals surface area contributed by atoms with Gasteiger partial charge in [0.2, 0.25) is 5.91 Å². The van der Waals surface area contributed by atoms with Crippen LogP contribution in [-0.2, 0) is 4.79 Å². The van der Waals surface area contributed by atoms with E-state index in [9.17, 15) is 4.79 Å². The molecule has 0 saturated carbocycles. The zero-order chi connectivity index (χ0) is 22.7. The average molecular weight is 528 g/mol. The second-order valence-electron chi connectivity index (χ2n) is 7.24. The largest absolute Gasteiger partial charge is 0.325 e. The molecular formula is C24H20BrClN4OS. The summed E-state index contributed by atoms with van der Waals surface area (Å²) in [7, 11) is 0. The monoisotopic (exact) mass is 526 g/mol. The van der Waals surface area contributed by atoms with E-state index < -0.39 is 0 Å². The zero-order valence-corrected chi connectivity index (χ0v) is 20.6. The van der Waals surface area contributed by atoms with Gasteiger partial charge in [-0.1, -0.05) is 57.5 Å². The first-order chi connectivity index (χ1) is 15.4. The van der Waals surface area contributed by atoms with E-state index >= 15 is 0 Å². The predicted molar refractivity (Wildman–Crippen MR) is 135 cm³/mol. The molecule has 0 fully saturated rings. The Hall–Kier alpha value is -2.61. The van der Waals surface area contributed by atoms with Crippen LogP contribution in [0.1, 0.15) is 11.1 Å². The van der Waals surface area contributed by atoms with Gasteiger partial charge < -0.3 is 5.32 Å². The van der Waals surface area contributed by atoms with E-state index in [0.29, 0.717) is 16.0 Å². The average Bonchev–Trinajstić information content (AvgIpc) is 3.20. The molecule has 1 heterocycles. The molecular weight excluding hydrogens is 508 g/mol. The molecule has 32 heavy (non-hydrogen) atoms. The quantitative estimate of drug-likeness (QED) is 0.284. The molecule has 4 rings (SSSR count). The van der Waals surface area contributed by atoms with Crippen LogP contribution in [0.25, 0.3) is 17.1 Å². The fourth-order valence-corrected chi connectivity index (χ4v) is 4.94. The summed E-state index contributed by atoms with van der Waals surface area (Å²) in [4.78, 5) is 12.7. The molecule has 0 saturated heterocycles. The van der Waals surface area contributed by atoms with Gasteiger partial charge in [0.15, 0.2) is 11.0 Å². The molecule has 0 aliphatic heterocycles. The van der Waals surface area contributed by atoms with Gasteiger partial charge in [-0.2, -0.15) is 0 Å². The molecule has 1 amide bonds. The van der Waals surface area contributed by atoms with Gasteiger partial charge in [0.25, 0.3) is 0 Å². The first-order valence-corrected chi connectivity index (χ1v) is 12.0. The van der Waals surface area contributed by atoms with Crippen molar-refractivity contribution in [2.75, 3.05) is 11.1 Å². The number of para-hydroxylation sites is 1. The van der Waals surface area contributed by atoms with E-state index in [1.807, 2.05) is 85.1 Å². The van der Waals surface area contributed by atoms with Crippen LogP contribution in [0.4, 0.5) is 5.69 Å². The van der Waals surface area contributed by atoms with Crippen molar-refractivity contribution in [1.82, 2.24) is 14.8 Å². The lowest BCUT2D eigenvalue weighted by molar-refractivity contribution is -0.113. The number of aryl methyl sites for hydroxylation is 2. The summed E-state index contributed by atoms with van der Waals surface area (Å²) in [5.74, 6) is 0.801. The number of nitrogens with zero attached hydrogens (tertiary/aromatic N) is 3. The minimum Gasteiger partial charge on any atom is -0.325 e. The minimum atomic E-state index is -0.0980. The Balaban J connectivity index is 1.59. The lowest BCUT2D eigenvalue weighted by Crippen LogP contribution is -2.16. The Morgan fingerprint density at radius 3 is 2.34 bits per heavy atom. The standard InChI is InChI=1S/C24H20BrClN4OS/c1-15-12-18(25)13-16(2)22(15)27-21(31)14-32-24-29-28-23(17-8-10-19(26)11-9-17)30(24)20-6-4-3-5-7-20/h3-13H,14H2,1-2H3,(H,27,31). The molecule has 0 aliphatic carbocycles. The Bertz CT molecular complexity index is 1240. The Kier molecular flexibility index (Phi) is 6.98. The molecule has 0 atom stereocenters. The van der Waals surface area contributed by atoms with Crippen LogP contribution in [0, 0.1) is 13.8 Å². The van der Waals surface area contributed by atoms with Crippen molar-refractivity contribution in [3.8, 4) is 17.1 Å². The van der Waals surface area contributed by atoms with Gasteiger partial charge in [0.1, 0.15) is 0 Å². The lowest BCUT2D eigenvalue weighted by atomic mass is 10.1. The predicted octanol–water partition coefficient (Wildman–Crippen LogP) is 6.70. The van der Waals surface area contributed by atoms with Crippen LogP contribution in [0.3, 0.4) is 0 Å². The first kappa shape index (κ1) is 22.6. The van der Waals surface area contributed by atoms with Crippen LogP contribution in [-0.4, -0.2) is 26.4 Å². The van der Waals surface area contributed by atoms with Gasteiger partial charge in [0.05, 0.1) is 5.75 Å². The Labute approximate surface area is 204 Å². The van der Waals surface area contributed by atoms with Crippen LogP contribution < -0.4 is 5.32 Å². The van der Waals surface area contributed by atoms with Crippen LogP contribution >= 0.6 is 39.3 Å². The highest BCUT2D eigenvalue weighted by Crippen LogP contribution is 2.29. The Morgan fingerprint density at radius 1 is 1.03 bits per heavy atom. The van der Waals surface area contributed by atoms with E-state index in [1.165, 1.54) is 11.8 Å². The van der Waals surface area contributed by atoms with Gasteiger partial charge in [-0.3, -0.25) is 9.36 Å². The highest BCUT2D eigenvalue weighted by molar-refractivity contribution is 9.10. The normalized spacial score (nSPS) is 10.9. The van der Waals surface area contributed by atoms with E-state index in [4.69, 9.17) is 11.6 Å².